The highest BCUT2D eigenvalue weighted by molar-refractivity contribution is 5.16. The molecule has 228 valence electrons. The molecule has 7 nitrogen and oxygen atoms in total. The quantitative estimate of drug-likeness (QED) is 0.108. The van der Waals surface area contributed by atoms with Crippen LogP contribution in [0, 0.1) is 6.57 Å². The molecule has 0 N–H and O–H groups in total. The van der Waals surface area contributed by atoms with Crippen molar-refractivity contribution in [3.8, 4) is 0 Å². The van der Waals surface area contributed by atoms with E-state index in [2.05, 4.69) is 4.85 Å². The minimum atomic E-state index is -0.789. The normalized spacial score (nSPS) is 21.5. The van der Waals surface area contributed by atoms with E-state index in [0.29, 0.717) is 26.4 Å². The van der Waals surface area contributed by atoms with Crippen molar-refractivity contribution in [2.45, 2.75) is 57.1 Å². The first-order valence-corrected chi connectivity index (χ1v) is 15.0. The van der Waals surface area contributed by atoms with Gasteiger partial charge in [0, 0.05) is 0 Å². The average Bonchev–Trinajstić information content (AvgIpc) is 3.08. The molecule has 1 saturated heterocycles. The van der Waals surface area contributed by atoms with E-state index in [9.17, 15) is 0 Å². The van der Waals surface area contributed by atoms with Gasteiger partial charge in [0.1, 0.15) is 31.0 Å². The van der Waals surface area contributed by atoms with Crippen LogP contribution in [0.4, 0.5) is 0 Å². The van der Waals surface area contributed by atoms with E-state index >= 15 is 0 Å². The highest BCUT2D eigenvalue weighted by Crippen LogP contribution is 2.31. The number of hydrogen-bond acceptors (Lipinski definition) is 6. The zero-order valence-corrected chi connectivity index (χ0v) is 24.8. The number of hydrogen-bond donors (Lipinski definition) is 0. The van der Waals surface area contributed by atoms with E-state index in [1.54, 1.807) is 0 Å². The van der Waals surface area contributed by atoms with Crippen molar-refractivity contribution >= 4 is 0 Å². The fourth-order valence-electron chi connectivity index (χ4n) is 5.10. The molecule has 0 spiro atoms. The molecule has 7 heteroatoms. The van der Waals surface area contributed by atoms with Gasteiger partial charge in [0.05, 0.1) is 33.0 Å². The Hall–Kier alpha value is -3.87. The molecule has 4 aromatic rings. The molecule has 1 fully saturated rings. The van der Waals surface area contributed by atoms with Crippen LogP contribution in [0.25, 0.3) is 4.85 Å². The van der Waals surface area contributed by atoms with Gasteiger partial charge < -0.3 is 33.3 Å². The maximum absolute atomic E-state index is 7.25. The molecular weight excluding hydrogens is 554 g/mol. The minimum absolute atomic E-state index is 0.206. The Morgan fingerprint density at radius 2 is 0.955 bits per heavy atom. The molecule has 0 saturated carbocycles. The lowest BCUT2D eigenvalue weighted by Gasteiger charge is -2.45. The van der Waals surface area contributed by atoms with E-state index in [-0.39, 0.29) is 19.8 Å². The zero-order chi connectivity index (χ0) is 30.2. The van der Waals surface area contributed by atoms with Gasteiger partial charge in [-0.2, -0.15) is 0 Å². The Kier molecular flexibility index (Phi) is 12.5. The van der Waals surface area contributed by atoms with E-state index in [0.717, 1.165) is 22.3 Å². The first-order valence-electron chi connectivity index (χ1n) is 15.0. The number of benzene rings is 4. The highest BCUT2D eigenvalue weighted by Gasteiger charge is 2.49. The first-order chi connectivity index (χ1) is 21.8. The van der Waals surface area contributed by atoms with Crippen molar-refractivity contribution in [2.75, 3.05) is 19.8 Å². The number of rotatable bonds is 16. The monoisotopic (exact) mass is 593 g/mol. The van der Waals surface area contributed by atoms with E-state index in [1.165, 1.54) is 0 Å². The van der Waals surface area contributed by atoms with Crippen LogP contribution >= 0.6 is 0 Å². The van der Waals surface area contributed by atoms with Gasteiger partial charge in [0.25, 0.3) is 0 Å². The summed E-state index contributed by atoms with van der Waals surface area (Å²) in [5.41, 5.74) is 4.15. The molecule has 0 bridgehead atoms. The summed E-state index contributed by atoms with van der Waals surface area (Å²) in [5.74, 6) is 0. The number of nitrogens with zero attached hydrogens (tertiary/aromatic N) is 1. The van der Waals surface area contributed by atoms with Gasteiger partial charge >= 0.3 is 0 Å². The fourth-order valence-corrected chi connectivity index (χ4v) is 5.10. The minimum Gasteiger partial charge on any atom is -0.374 e. The summed E-state index contributed by atoms with van der Waals surface area (Å²) in [4.78, 5) is 3.46. The lowest BCUT2D eigenvalue weighted by molar-refractivity contribution is -0.327. The third-order valence-corrected chi connectivity index (χ3v) is 7.33. The van der Waals surface area contributed by atoms with Gasteiger partial charge in [-0.1, -0.05) is 121 Å². The van der Waals surface area contributed by atoms with Crippen molar-refractivity contribution in [1.29, 1.82) is 0 Å². The molecule has 5 rings (SSSR count). The topological polar surface area (TPSA) is 59.7 Å². The molecule has 1 aliphatic heterocycles. The van der Waals surface area contributed by atoms with Crippen LogP contribution in [0.1, 0.15) is 22.3 Å². The van der Waals surface area contributed by atoms with E-state index in [4.69, 9.17) is 35.0 Å². The summed E-state index contributed by atoms with van der Waals surface area (Å²) < 4.78 is 38.8. The van der Waals surface area contributed by atoms with Gasteiger partial charge in [-0.25, -0.2) is 6.57 Å². The van der Waals surface area contributed by atoms with Crippen LogP contribution < -0.4 is 0 Å². The summed E-state index contributed by atoms with van der Waals surface area (Å²) >= 11 is 0. The summed E-state index contributed by atoms with van der Waals surface area (Å²) in [6.07, 6.45) is -3.02. The largest absolute Gasteiger partial charge is 0.374 e. The molecular formula is C37H39NO6. The average molecular weight is 594 g/mol. The third-order valence-electron chi connectivity index (χ3n) is 7.33. The van der Waals surface area contributed by atoms with Crippen molar-refractivity contribution in [1.82, 2.24) is 0 Å². The van der Waals surface area contributed by atoms with Crippen LogP contribution in [0.2, 0.25) is 0 Å². The van der Waals surface area contributed by atoms with Crippen molar-refractivity contribution in [3.05, 3.63) is 155 Å². The van der Waals surface area contributed by atoms with Gasteiger partial charge in [0.2, 0.25) is 6.54 Å². The summed E-state index contributed by atoms with van der Waals surface area (Å²) in [5, 5.41) is 0. The predicted octanol–water partition coefficient (Wildman–Crippen LogP) is 6.62. The van der Waals surface area contributed by atoms with Crippen LogP contribution in [-0.4, -0.2) is 50.5 Å². The molecule has 0 amide bonds. The Morgan fingerprint density at radius 1 is 0.523 bits per heavy atom. The molecule has 44 heavy (non-hydrogen) atoms. The van der Waals surface area contributed by atoms with Gasteiger partial charge in [0.15, 0.2) is 6.29 Å². The fraction of sp³-hybridized carbons (Fsp3) is 0.324. The second-order valence-electron chi connectivity index (χ2n) is 10.6. The van der Waals surface area contributed by atoms with Crippen molar-refractivity contribution in [3.63, 3.8) is 0 Å². The summed E-state index contributed by atoms with van der Waals surface area (Å²) in [7, 11) is 0. The summed E-state index contributed by atoms with van der Waals surface area (Å²) in [6, 6.07) is 40.1. The molecule has 1 aliphatic rings. The van der Waals surface area contributed by atoms with Gasteiger partial charge in [-0.15, -0.1) is 0 Å². The van der Waals surface area contributed by atoms with Crippen molar-refractivity contribution in [2.24, 2.45) is 0 Å². The van der Waals surface area contributed by atoms with Crippen LogP contribution in [0.5, 0.6) is 0 Å². The van der Waals surface area contributed by atoms with Crippen LogP contribution in [0.15, 0.2) is 121 Å². The predicted molar refractivity (Wildman–Crippen MR) is 167 cm³/mol. The van der Waals surface area contributed by atoms with Crippen LogP contribution in [0.3, 0.4) is 0 Å². The molecule has 0 aromatic heterocycles. The zero-order valence-electron chi connectivity index (χ0n) is 24.8. The van der Waals surface area contributed by atoms with Gasteiger partial charge in [-0.3, -0.25) is 0 Å². The smallest absolute Gasteiger partial charge is 0.237 e. The standard InChI is InChI=1S/C37H39NO6/c1-38-22-23-40-37-36(43-27-32-20-12-5-13-21-32)35(42-26-31-18-10-4-11-19-31)34(41-25-30-16-8-3-9-17-30)33(44-37)28-39-24-29-14-6-2-7-15-29/h2-21,33-37H,22-28H2/t33-,34-,35+,36-,37-/m1/s1. The van der Waals surface area contributed by atoms with E-state index in [1.807, 2.05) is 121 Å². The maximum Gasteiger partial charge on any atom is 0.237 e. The lowest BCUT2D eigenvalue weighted by Crippen LogP contribution is -2.61. The molecule has 0 aliphatic carbocycles. The van der Waals surface area contributed by atoms with Crippen molar-refractivity contribution < 1.29 is 28.4 Å². The molecule has 5 atom stereocenters. The Balaban J connectivity index is 1.42. The second kappa shape index (κ2) is 17.4. The molecule has 0 radical (unpaired) electrons. The third kappa shape index (κ3) is 9.57. The van der Waals surface area contributed by atoms with E-state index < -0.39 is 30.7 Å². The lowest BCUT2D eigenvalue weighted by atomic mass is 9.97. The Labute approximate surface area is 260 Å². The second-order valence-corrected chi connectivity index (χ2v) is 10.6. The molecule has 1 heterocycles. The SMILES string of the molecule is [C-]#[N+]CCO[C@@H]1O[C@H](COCc2ccccc2)[C@@H](OCc2ccccc2)[C@H](OCc2ccccc2)[C@H]1OCc1ccccc1. The molecule has 0 unspecified atom stereocenters. The highest BCUT2D eigenvalue weighted by atomic mass is 16.7. The maximum atomic E-state index is 7.25. The Morgan fingerprint density at radius 3 is 1.43 bits per heavy atom. The molecule has 4 aromatic carbocycles. The Bertz CT molecular complexity index is 1380. The van der Waals surface area contributed by atoms with Gasteiger partial charge in [-0.05, 0) is 22.3 Å². The first kappa shape index (κ1) is 31.6. The number of ether oxygens (including phenoxy) is 6. The summed E-state index contributed by atoms with van der Waals surface area (Å²) in [6.45, 7) is 9.42. The van der Waals surface area contributed by atoms with Crippen LogP contribution in [-0.2, 0) is 54.8 Å².